The minimum atomic E-state index is -0.938. The summed E-state index contributed by atoms with van der Waals surface area (Å²) < 4.78 is 14.7. The number of nitriles is 1. The maximum Gasteiger partial charge on any atom is 0.258 e. The van der Waals surface area contributed by atoms with Crippen LogP contribution in [0.1, 0.15) is 19.3 Å². The number of nitrogens with zero attached hydrogens (tertiary/aromatic N) is 4. The zero-order chi connectivity index (χ0) is 22.8. The summed E-state index contributed by atoms with van der Waals surface area (Å²) in [6, 6.07) is 9.12. The first-order valence-corrected chi connectivity index (χ1v) is 10.8. The number of halogens is 2. The van der Waals surface area contributed by atoms with Crippen molar-refractivity contribution in [1.82, 2.24) is 10.3 Å². The number of primary amides is 1. The second-order valence-corrected chi connectivity index (χ2v) is 8.70. The maximum absolute atomic E-state index is 13.1. The molecule has 2 fully saturated rings. The van der Waals surface area contributed by atoms with Crippen LogP contribution in [0.5, 0.6) is 0 Å². The first-order valence-electron chi connectivity index (χ1n) is 10.4. The molecule has 2 heterocycles. The molecule has 3 aliphatic rings. The quantitative estimate of drug-likeness (QED) is 0.673. The van der Waals surface area contributed by atoms with Crippen LogP contribution in [-0.2, 0) is 9.59 Å². The van der Waals surface area contributed by atoms with E-state index in [2.05, 4.69) is 16.5 Å². The molecule has 1 saturated heterocycles. The molecular formula is C22H23ClFN6O2+. The number of alkyl halides is 1. The van der Waals surface area contributed by atoms with Gasteiger partial charge in [0, 0.05) is 10.9 Å². The minimum Gasteiger partial charge on any atom is -0.365 e. The average Bonchev–Trinajstić information content (AvgIpc) is 3.15. The van der Waals surface area contributed by atoms with E-state index in [-0.39, 0.29) is 42.3 Å². The van der Waals surface area contributed by atoms with E-state index in [1.165, 1.54) is 4.90 Å². The molecule has 1 aliphatic carbocycles. The molecule has 0 radical (unpaired) electrons. The summed E-state index contributed by atoms with van der Waals surface area (Å²) in [6.07, 6.45) is 4.11. The van der Waals surface area contributed by atoms with Crippen molar-refractivity contribution < 1.29 is 18.7 Å². The molecule has 2 amide bonds. The Morgan fingerprint density at radius 2 is 2.03 bits per heavy atom. The van der Waals surface area contributed by atoms with Crippen LogP contribution in [0.3, 0.4) is 0 Å². The van der Waals surface area contributed by atoms with Gasteiger partial charge in [0.2, 0.25) is 17.9 Å². The lowest BCUT2D eigenvalue weighted by molar-refractivity contribution is -0.494. The standard InChI is InChI=1S/C22H22ClFN6O2/c23-16-3-5-18(6-4-16)27-21-19(20(26)31)12-30(28-21)9-14-2-1-13(7-15(14)8-25)22(32)29-10-17(24)11-29/h3-6,9,12-15,17H,1-2,7,10-11H2,(H2-,26,27,28,31)/p+1. The van der Waals surface area contributed by atoms with E-state index in [0.717, 1.165) is 0 Å². The zero-order valence-electron chi connectivity index (χ0n) is 17.2. The third-order valence-corrected chi connectivity index (χ3v) is 6.26. The predicted octanol–water partition coefficient (Wildman–Crippen LogP) is 2.08. The molecule has 3 unspecified atom stereocenters. The van der Waals surface area contributed by atoms with E-state index in [4.69, 9.17) is 17.3 Å². The topological polar surface area (TPSA) is 115 Å². The molecule has 0 aromatic heterocycles. The Bertz CT molecular complexity index is 1060. The molecule has 0 bridgehead atoms. The maximum atomic E-state index is 13.1. The number of rotatable bonds is 4. The Kier molecular flexibility index (Phi) is 6.24. The number of amides is 2. The van der Waals surface area contributed by atoms with Crippen LogP contribution in [0.25, 0.3) is 0 Å². The van der Waals surface area contributed by atoms with Crippen LogP contribution in [-0.4, -0.2) is 52.7 Å². The number of nitrogens with two attached hydrogens (primary N) is 1. The van der Waals surface area contributed by atoms with Gasteiger partial charge in [0.15, 0.2) is 11.8 Å². The highest BCUT2D eigenvalue weighted by atomic mass is 35.5. The number of hydrazine groups is 1. The average molecular weight is 458 g/mol. The molecule has 166 valence electrons. The van der Waals surface area contributed by atoms with Crippen LogP contribution >= 0.6 is 11.6 Å². The van der Waals surface area contributed by atoms with Gasteiger partial charge in [-0.2, -0.15) is 5.26 Å². The van der Waals surface area contributed by atoms with Gasteiger partial charge in [-0.05, 0) is 43.5 Å². The molecule has 8 nitrogen and oxygen atoms in total. The molecule has 3 N–H and O–H groups in total. The van der Waals surface area contributed by atoms with Gasteiger partial charge in [-0.15, -0.1) is 5.43 Å². The number of aliphatic imine (C=N–C) groups is 1. The molecule has 0 spiro atoms. The largest absolute Gasteiger partial charge is 0.365 e. The Morgan fingerprint density at radius 1 is 1.31 bits per heavy atom. The number of benzene rings is 1. The van der Waals surface area contributed by atoms with Gasteiger partial charge in [-0.3, -0.25) is 9.59 Å². The summed E-state index contributed by atoms with van der Waals surface area (Å²) in [4.78, 5) is 30.4. The highest BCUT2D eigenvalue weighted by Gasteiger charge is 2.40. The van der Waals surface area contributed by atoms with Crippen molar-refractivity contribution in [2.24, 2.45) is 28.5 Å². The lowest BCUT2D eigenvalue weighted by Crippen LogP contribution is -2.54. The Hall–Kier alpha value is -3.25. The Morgan fingerprint density at radius 3 is 2.66 bits per heavy atom. The van der Waals surface area contributed by atoms with Crippen LogP contribution in [0.15, 0.2) is 41.0 Å². The smallest absolute Gasteiger partial charge is 0.258 e. The zero-order valence-corrected chi connectivity index (χ0v) is 18.0. The lowest BCUT2D eigenvalue weighted by atomic mass is 9.74. The van der Waals surface area contributed by atoms with E-state index >= 15 is 0 Å². The second-order valence-electron chi connectivity index (χ2n) is 8.26. The molecule has 3 atom stereocenters. The molecule has 1 saturated carbocycles. The Labute approximate surface area is 189 Å². The molecule has 1 aromatic rings. The number of carbonyl (C=O) groups excluding carboxylic acids is 2. The van der Waals surface area contributed by atoms with E-state index in [1.54, 1.807) is 35.1 Å². The fourth-order valence-corrected chi connectivity index (χ4v) is 4.35. The number of hydrazone groups is 1. The van der Waals surface area contributed by atoms with Crippen LogP contribution in [0.4, 0.5) is 10.1 Å². The Balaban J connectivity index is 1.48. The first-order chi connectivity index (χ1) is 15.3. The van der Waals surface area contributed by atoms with E-state index < -0.39 is 12.1 Å². The van der Waals surface area contributed by atoms with Gasteiger partial charge in [-0.1, -0.05) is 16.3 Å². The van der Waals surface area contributed by atoms with Crippen molar-refractivity contribution in [2.75, 3.05) is 13.1 Å². The van der Waals surface area contributed by atoms with Gasteiger partial charge >= 0.3 is 0 Å². The molecule has 1 aromatic carbocycles. The van der Waals surface area contributed by atoms with Gasteiger partial charge in [0.05, 0.1) is 36.7 Å². The molecule has 2 aliphatic heterocycles. The summed E-state index contributed by atoms with van der Waals surface area (Å²) in [7, 11) is 0. The van der Waals surface area contributed by atoms with E-state index in [1.807, 2.05) is 6.21 Å². The van der Waals surface area contributed by atoms with Crippen LogP contribution < -0.4 is 11.2 Å². The van der Waals surface area contributed by atoms with Crippen molar-refractivity contribution in [1.29, 1.82) is 5.26 Å². The summed E-state index contributed by atoms with van der Waals surface area (Å²) in [6.45, 7) is 0.298. The number of carbonyl (C=O) groups is 2. The van der Waals surface area contributed by atoms with E-state index in [9.17, 15) is 19.2 Å². The fourth-order valence-electron chi connectivity index (χ4n) is 4.22. The SMILES string of the molecule is N#CC1CC(C(=O)N2CC(F)C2)CCC1C=[N+]1C=C(C(N)=O)C(=Nc2ccc(Cl)cc2)N1. The van der Waals surface area contributed by atoms with Gasteiger partial charge in [-0.25, -0.2) is 9.38 Å². The number of nitrogens with one attached hydrogen (secondary N) is 1. The van der Waals surface area contributed by atoms with Crippen molar-refractivity contribution in [3.05, 3.63) is 41.1 Å². The molecule has 32 heavy (non-hydrogen) atoms. The highest BCUT2D eigenvalue weighted by Crippen LogP contribution is 2.35. The number of likely N-dealkylation sites (tertiary alicyclic amines) is 1. The van der Waals surface area contributed by atoms with Crippen molar-refractivity contribution in [2.45, 2.75) is 25.4 Å². The number of hydrogen-bond donors (Lipinski definition) is 2. The normalized spacial score (nSPS) is 28.1. The third-order valence-electron chi connectivity index (χ3n) is 6.01. The summed E-state index contributed by atoms with van der Waals surface area (Å²) in [5.41, 5.74) is 9.35. The third kappa shape index (κ3) is 4.65. The molecule has 10 heteroatoms. The van der Waals surface area contributed by atoms with Crippen LogP contribution in [0.2, 0.25) is 5.02 Å². The van der Waals surface area contributed by atoms with Crippen molar-refractivity contribution >= 4 is 41.2 Å². The predicted molar refractivity (Wildman–Crippen MR) is 117 cm³/mol. The summed E-state index contributed by atoms with van der Waals surface area (Å²) in [5, 5.41) is 10.3. The number of hydrogen-bond acceptors (Lipinski definition) is 4. The lowest BCUT2D eigenvalue weighted by Gasteiger charge is -2.39. The van der Waals surface area contributed by atoms with Gasteiger partial charge in [0.25, 0.3) is 5.91 Å². The molecular weight excluding hydrogens is 435 g/mol. The van der Waals surface area contributed by atoms with Gasteiger partial charge in [0.1, 0.15) is 6.17 Å². The highest BCUT2D eigenvalue weighted by molar-refractivity contribution is 6.30. The van der Waals surface area contributed by atoms with Crippen molar-refractivity contribution in [3.63, 3.8) is 0 Å². The fraction of sp³-hybridized carbons (Fsp3) is 0.409. The summed E-state index contributed by atoms with van der Waals surface area (Å²) >= 11 is 5.90. The van der Waals surface area contributed by atoms with Crippen LogP contribution in [0, 0.1) is 29.1 Å². The van der Waals surface area contributed by atoms with E-state index in [0.29, 0.717) is 35.8 Å². The summed E-state index contributed by atoms with van der Waals surface area (Å²) in [5.74, 6) is -1.15. The first kappa shape index (κ1) is 22.0. The minimum absolute atomic E-state index is 0.0646. The monoisotopic (exact) mass is 457 g/mol. The number of amidine groups is 1. The van der Waals surface area contributed by atoms with Crippen molar-refractivity contribution in [3.8, 4) is 6.07 Å². The second kappa shape index (κ2) is 9.09. The van der Waals surface area contributed by atoms with Gasteiger partial charge < -0.3 is 10.6 Å². The molecule has 4 rings (SSSR count).